The summed E-state index contributed by atoms with van der Waals surface area (Å²) in [6.45, 7) is 1.68. The fourth-order valence-electron chi connectivity index (χ4n) is 3.49. The number of hydrogen-bond acceptors (Lipinski definition) is 6. The number of nitrogens with zero attached hydrogens (tertiary/aromatic N) is 2. The number of aliphatic hydroxyl groups is 1. The topological polar surface area (TPSA) is 92.9 Å². The van der Waals surface area contributed by atoms with E-state index in [2.05, 4.69) is 5.16 Å². The van der Waals surface area contributed by atoms with E-state index in [9.17, 15) is 14.7 Å². The summed E-state index contributed by atoms with van der Waals surface area (Å²) in [4.78, 5) is 27.2. The number of hydrogen-bond donors (Lipinski definition) is 1. The number of aryl methyl sites for hydroxylation is 1. The molecule has 1 saturated heterocycles. The van der Waals surface area contributed by atoms with Crippen LogP contribution in [-0.4, -0.2) is 29.1 Å². The number of ether oxygens (including phenoxy) is 1. The molecule has 0 unspecified atom stereocenters. The fourth-order valence-corrected chi connectivity index (χ4v) is 3.61. The number of rotatable bonds is 4. The second kappa shape index (κ2) is 7.68. The molecule has 2 heterocycles. The van der Waals surface area contributed by atoms with Crippen molar-refractivity contribution in [3.05, 3.63) is 82.1 Å². The third kappa shape index (κ3) is 3.23. The summed E-state index contributed by atoms with van der Waals surface area (Å²) in [5.41, 5.74) is 0.802. The smallest absolute Gasteiger partial charge is 0.301 e. The molecule has 4 rings (SSSR count). The number of aromatic nitrogens is 1. The number of Topliss-reactive ketones (excluding diaryl/α,β-unsaturated/α-hetero) is 1. The Morgan fingerprint density at radius 3 is 2.50 bits per heavy atom. The highest BCUT2D eigenvalue weighted by atomic mass is 35.5. The molecule has 1 amide bonds. The van der Waals surface area contributed by atoms with Crippen LogP contribution in [0.25, 0.3) is 5.76 Å². The average Bonchev–Trinajstić information content (AvgIpc) is 3.29. The van der Waals surface area contributed by atoms with Crippen molar-refractivity contribution in [2.45, 2.75) is 13.0 Å². The zero-order valence-corrected chi connectivity index (χ0v) is 16.9. The molecule has 1 atom stereocenters. The second-order valence-corrected chi connectivity index (χ2v) is 7.15. The van der Waals surface area contributed by atoms with Crippen LogP contribution in [0.3, 0.4) is 0 Å². The maximum atomic E-state index is 13.0. The summed E-state index contributed by atoms with van der Waals surface area (Å²) < 4.78 is 10.6. The highest BCUT2D eigenvalue weighted by molar-refractivity contribution is 6.51. The first-order chi connectivity index (χ1) is 14.4. The van der Waals surface area contributed by atoms with Gasteiger partial charge in [-0.25, -0.2) is 0 Å². The van der Waals surface area contributed by atoms with E-state index in [1.165, 1.54) is 12.0 Å². The molecule has 0 saturated carbocycles. The molecular weight excluding hydrogens is 408 g/mol. The lowest BCUT2D eigenvalue weighted by Crippen LogP contribution is -2.29. The van der Waals surface area contributed by atoms with Gasteiger partial charge in [0.05, 0.1) is 12.7 Å². The van der Waals surface area contributed by atoms with Crippen LogP contribution >= 0.6 is 11.6 Å². The van der Waals surface area contributed by atoms with Crippen molar-refractivity contribution >= 4 is 34.9 Å². The minimum absolute atomic E-state index is 0.0764. The Labute approximate surface area is 177 Å². The highest BCUT2D eigenvalue weighted by Crippen LogP contribution is 2.44. The SMILES string of the molecule is COc1ccccc1[C@@H]1/C(=C(\O)c2ccc(Cl)cc2)C(=O)C(=O)N1c1cc(C)on1. The first-order valence-corrected chi connectivity index (χ1v) is 9.43. The van der Waals surface area contributed by atoms with Crippen molar-refractivity contribution < 1.29 is 24.0 Å². The lowest BCUT2D eigenvalue weighted by atomic mass is 9.94. The Bertz CT molecular complexity index is 1170. The summed E-state index contributed by atoms with van der Waals surface area (Å²) in [5, 5.41) is 15.4. The molecule has 2 aromatic carbocycles. The third-order valence-electron chi connectivity index (χ3n) is 4.86. The van der Waals surface area contributed by atoms with Crippen molar-refractivity contribution in [2.24, 2.45) is 0 Å². The molecule has 0 bridgehead atoms. The van der Waals surface area contributed by atoms with Crippen LogP contribution in [-0.2, 0) is 9.59 Å². The first kappa shape index (κ1) is 19.7. The monoisotopic (exact) mass is 424 g/mol. The van der Waals surface area contributed by atoms with Gasteiger partial charge in [-0.15, -0.1) is 0 Å². The predicted molar refractivity (Wildman–Crippen MR) is 110 cm³/mol. The van der Waals surface area contributed by atoms with Gasteiger partial charge in [-0.1, -0.05) is 35.0 Å². The van der Waals surface area contributed by atoms with Crippen molar-refractivity contribution in [1.82, 2.24) is 5.16 Å². The number of benzene rings is 2. The highest BCUT2D eigenvalue weighted by Gasteiger charge is 2.49. The standard InChI is InChI=1S/C22H17ClN2O5/c1-12-11-17(24-30-12)25-19(15-5-3-4-6-16(15)29-2)18(21(27)22(25)28)20(26)13-7-9-14(23)10-8-13/h3-11,19,26H,1-2H3/b20-18+/t19-/m1/s1. The number of anilines is 1. The van der Waals surface area contributed by atoms with E-state index in [1.807, 2.05) is 0 Å². The largest absolute Gasteiger partial charge is 0.507 e. The van der Waals surface area contributed by atoms with E-state index >= 15 is 0 Å². The van der Waals surface area contributed by atoms with Gasteiger partial charge in [0.25, 0.3) is 5.78 Å². The van der Waals surface area contributed by atoms with Gasteiger partial charge in [0.2, 0.25) is 0 Å². The molecule has 152 valence electrons. The van der Waals surface area contributed by atoms with Crippen molar-refractivity contribution in [3.63, 3.8) is 0 Å². The van der Waals surface area contributed by atoms with Gasteiger partial charge >= 0.3 is 5.91 Å². The maximum Gasteiger partial charge on any atom is 0.301 e. The van der Waals surface area contributed by atoms with E-state index in [4.69, 9.17) is 20.9 Å². The third-order valence-corrected chi connectivity index (χ3v) is 5.11. The van der Waals surface area contributed by atoms with Gasteiger partial charge in [-0.2, -0.15) is 0 Å². The molecule has 0 radical (unpaired) electrons. The normalized spacial score (nSPS) is 18.1. The number of carbonyl (C=O) groups excluding carboxylic acids is 2. The summed E-state index contributed by atoms with van der Waals surface area (Å²) in [6.07, 6.45) is 0. The van der Waals surface area contributed by atoms with Crippen LogP contribution in [0.1, 0.15) is 22.9 Å². The molecule has 1 fully saturated rings. The second-order valence-electron chi connectivity index (χ2n) is 6.71. The molecule has 0 aliphatic carbocycles. The minimum atomic E-state index is -0.957. The van der Waals surface area contributed by atoms with Crippen LogP contribution in [0, 0.1) is 6.92 Å². The van der Waals surface area contributed by atoms with Gasteiger partial charge in [0.1, 0.15) is 23.3 Å². The van der Waals surface area contributed by atoms with E-state index in [0.29, 0.717) is 27.7 Å². The molecule has 1 aliphatic heterocycles. The van der Waals surface area contributed by atoms with Gasteiger partial charge in [0, 0.05) is 22.2 Å². The van der Waals surface area contributed by atoms with Crippen molar-refractivity contribution in [3.8, 4) is 5.75 Å². The first-order valence-electron chi connectivity index (χ1n) is 9.05. The van der Waals surface area contributed by atoms with E-state index in [1.54, 1.807) is 61.5 Å². The molecule has 7 nitrogen and oxygen atoms in total. The maximum absolute atomic E-state index is 13.0. The van der Waals surface area contributed by atoms with E-state index in [0.717, 1.165) is 0 Å². The summed E-state index contributed by atoms with van der Waals surface area (Å²) >= 11 is 5.94. The van der Waals surface area contributed by atoms with Gasteiger partial charge in [0.15, 0.2) is 5.82 Å². The summed E-state index contributed by atoms with van der Waals surface area (Å²) in [6, 6.07) is 13.9. The van der Waals surface area contributed by atoms with Crippen molar-refractivity contribution in [1.29, 1.82) is 0 Å². The van der Waals surface area contributed by atoms with E-state index in [-0.39, 0.29) is 17.2 Å². The molecule has 3 aromatic rings. The molecule has 30 heavy (non-hydrogen) atoms. The number of para-hydroxylation sites is 1. The molecule has 0 spiro atoms. The molecule has 8 heteroatoms. The molecule has 1 aliphatic rings. The van der Waals surface area contributed by atoms with Crippen LogP contribution in [0.5, 0.6) is 5.75 Å². The number of amides is 1. The quantitative estimate of drug-likeness (QED) is 0.382. The van der Waals surface area contributed by atoms with Gasteiger partial charge < -0.3 is 14.4 Å². The fraction of sp³-hybridized carbons (Fsp3) is 0.136. The zero-order valence-electron chi connectivity index (χ0n) is 16.1. The minimum Gasteiger partial charge on any atom is -0.507 e. The molecule has 1 aromatic heterocycles. The number of halogens is 1. The van der Waals surface area contributed by atoms with Crippen LogP contribution in [0.15, 0.2) is 64.7 Å². The Morgan fingerprint density at radius 2 is 1.87 bits per heavy atom. The predicted octanol–water partition coefficient (Wildman–Crippen LogP) is 4.27. The number of aliphatic hydroxyl groups excluding tert-OH is 1. The molecular formula is C22H17ClN2O5. The Morgan fingerprint density at radius 1 is 1.17 bits per heavy atom. The van der Waals surface area contributed by atoms with E-state index < -0.39 is 17.7 Å². The average molecular weight is 425 g/mol. The molecule has 1 N–H and O–H groups in total. The number of ketones is 1. The Hall–Kier alpha value is -3.58. The van der Waals surface area contributed by atoms with Gasteiger partial charge in [-0.3, -0.25) is 14.5 Å². The summed E-state index contributed by atoms with van der Waals surface area (Å²) in [7, 11) is 1.49. The summed E-state index contributed by atoms with van der Waals surface area (Å²) in [5.74, 6) is -0.877. The lowest BCUT2D eigenvalue weighted by Gasteiger charge is -2.24. The lowest BCUT2D eigenvalue weighted by molar-refractivity contribution is -0.132. The van der Waals surface area contributed by atoms with Crippen LogP contribution < -0.4 is 9.64 Å². The number of methoxy groups -OCH3 is 1. The van der Waals surface area contributed by atoms with Crippen LogP contribution in [0.4, 0.5) is 5.82 Å². The Kier molecular flexibility index (Phi) is 5.05. The van der Waals surface area contributed by atoms with Crippen LogP contribution in [0.2, 0.25) is 5.02 Å². The number of carbonyl (C=O) groups is 2. The van der Waals surface area contributed by atoms with Gasteiger partial charge in [-0.05, 0) is 37.3 Å². The van der Waals surface area contributed by atoms with Crippen molar-refractivity contribution in [2.75, 3.05) is 12.0 Å². The Balaban J connectivity index is 1.98. The zero-order chi connectivity index (χ0) is 21.4.